The maximum atomic E-state index is 9.78. The van der Waals surface area contributed by atoms with E-state index in [-0.39, 0.29) is 6.10 Å². The van der Waals surface area contributed by atoms with Crippen molar-refractivity contribution in [3.05, 3.63) is 0 Å². The van der Waals surface area contributed by atoms with Crippen LogP contribution in [0.2, 0.25) is 0 Å². The van der Waals surface area contributed by atoms with Crippen LogP contribution in [0.15, 0.2) is 0 Å². The first-order valence-corrected chi connectivity index (χ1v) is 5.19. The second-order valence-corrected chi connectivity index (χ2v) is 4.11. The molecule has 0 aromatic rings. The molecule has 0 radical (unpaired) electrons. The Morgan fingerprint density at radius 2 is 2.31 bits per heavy atom. The van der Waals surface area contributed by atoms with E-state index in [9.17, 15) is 5.11 Å². The van der Waals surface area contributed by atoms with E-state index in [1.165, 1.54) is 0 Å². The Morgan fingerprint density at radius 1 is 1.54 bits per heavy atom. The van der Waals surface area contributed by atoms with Gasteiger partial charge in [-0.05, 0) is 12.8 Å². The highest BCUT2D eigenvalue weighted by Crippen LogP contribution is 2.16. The number of ether oxygens (including phenoxy) is 1. The van der Waals surface area contributed by atoms with Crippen LogP contribution in [0.25, 0.3) is 0 Å². The SMILES string of the molecule is CC(C)NCC(O)C1CCCOC1. The van der Waals surface area contributed by atoms with Crippen molar-refractivity contribution in [3.8, 4) is 0 Å². The zero-order valence-corrected chi connectivity index (χ0v) is 8.62. The lowest BCUT2D eigenvalue weighted by molar-refractivity contribution is -0.00877. The van der Waals surface area contributed by atoms with Crippen molar-refractivity contribution in [3.63, 3.8) is 0 Å². The molecule has 3 heteroatoms. The summed E-state index contributed by atoms with van der Waals surface area (Å²) >= 11 is 0. The first kappa shape index (κ1) is 11.0. The summed E-state index contributed by atoms with van der Waals surface area (Å²) in [6.45, 7) is 6.45. The third-order valence-corrected chi connectivity index (χ3v) is 2.47. The topological polar surface area (TPSA) is 41.5 Å². The molecule has 0 spiro atoms. The first-order valence-electron chi connectivity index (χ1n) is 5.19. The van der Waals surface area contributed by atoms with Crippen molar-refractivity contribution < 1.29 is 9.84 Å². The number of rotatable bonds is 4. The number of aliphatic hydroxyl groups excluding tert-OH is 1. The maximum absolute atomic E-state index is 9.78. The van der Waals surface area contributed by atoms with Gasteiger partial charge in [0.15, 0.2) is 0 Å². The maximum Gasteiger partial charge on any atom is 0.0714 e. The molecule has 0 amide bonds. The summed E-state index contributed by atoms with van der Waals surface area (Å²) in [5, 5.41) is 13.0. The molecule has 0 aromatic heterocycles. The summed E-state index contributed by atoms with van der Waals surface area (Å²) in [5.41, 5.74) is 0. The van der Waals surface area contributed by atoms with Gasteiger partial charge in [-0.3, -0.25) is 0 Å². The Bertz CT molecular complexity index is 133. The molecule has 1 saturated heterocycles. The number of aliphatic hydroxyl groups is 1. The van der Waals surface area contributed by atoms with Crippen molar-refractivity contribution in [1.29, 1.82) is 0 Å². The lowest BCUT2D eigenvalue weighted by atomic mass is 9.96. The molecule has 1 aliphatic rings. The molecule has 2 unspecified atom stereocenters. The molecular formula is C10H21NO2. The highest BCUT2D eigenvalue weighted by atomic mass is 16.5. The number of hydrogen-bond acceptors (Lipinski definition) is 3. The summed E-state index contributed by atoms with van der Waals surface area (Å²) in [5.74, 6) is 0.333. The van der Waals surface area contributed by atoms with Gasteiger partial charge in [0.2, 0.25) is 0 Å². The summed E-state index contributed by atoms with van der Waals surface area (Å²) in [6.07, 6.45) is 1.94. The molecule has 0 bridgehead atoms. The van der Waals surface area contributed by atoms with E-state index in [0.29, 0.717) is 18.5 Å². The van der Waals surface area contributed by atoms with Crippen LogP contribution < -0.4 is 5.32 Å². The monoisotopic (exact) mass is 187 g/mol. The summed E-state index contributed by atoms with van der Waals surface area (Å²) < 4.78 is 5.32. The van der Waals surface area contributed by atoms with Gasteiger partial charge in [-0.1, -0.05) is 13.8 Å². The fraction of sp³-hybridized carbons (Fsp3) is 1.00. The average molecular weight is 187 g/mol. The van der Waals surface area contributed by atoms with Gasteiger partial charge < -0.3 is 15.2 Å². The average Bonchev–Trinajstić information content (AvgIpc) is 2.15. The van der Waals surface area contributed by atoms with Crippen molar-refractivity contribution in [2.45, 2.75) is 38.8 Å². The van der Waals surface area contributed by atoms with E-state index < -0.39 is 0 Å². The predicted octanol–water partition coefficient (Wildman–Crippen LogP) is 0.772. The van der Waals surface area contributed by atoms with E-state index in [0.717, 1.165) is 26.1 Å². The van der Waals surface area contributed by atoms with Crippen LogP contribution in [0.4, 0.5) is 0 Å². The number of nitrogens with one attached hydrogen (secondary N) is 1. The third-order valence-electron chi connectivity index (χ3n) is 2.47. The van der Waals surface area contributed by atoms with Crippen LogP contribution in [0.1, 0.15) is 26.7 Å². The molecular weight excluding hydrogens is 166 g/mol. The molecule has 78 valence electrons. The third kappa shape index (κ3) is 4.07. The molecule has 13 heavy (non-hydrogen) atoms. The minimum Gasteiger partial charge on any atom is -0.391 e. The van der Waals surface area contributed by atoms with Crippen molar-refractivity contribution >= 4 is 0 Å². The van der Waals surface area contributed by atoms with Gasteiger partial charge in [0, 0.05) is 25.1 Å². The smallest absolute Gasteiger partial charge is 0.0714 e. The van der Waals surface area contributed by atoms with Gasteiger partial charge in [-0.15, -0.1) is 0 Å². The Kier molecular flexibility index (Phi) is 4.70. The summed E-state index contributed by atoms with van der Waals surface area (Å²) in [6, 6.07) is 0.444. The zero-order valence-electron chi connectivity index (χ0n) is 8.62. The fourth-order valence-corrected chi connectivity index (χ4v) is 1.59. The van der Waals surface area contributed by atoms with E-state index in [2.05, 4.69) is 19.2 Å². The normalized spacial score (nSPS) is 26.3. The Balaban J connectivity index is 2.17. The van der Waals surface area contributed by atoms with Crippen LogP contribution in [0.3, 0.4) is 0 Å². The quantitative estimate of drug-likeness (QED) is 0.683. The van der Waals surface area contributed by atoms with Gasteiger partial charge in [-0.2, -0.15) is 0 Å². The Hall–Kier alpha value is -0.120. The molecule has 1 rings (SSSR count). The van der Waals surface area contributed by atoms with Crippen LogP contribution in [0.5, 0.6) is 0 Å². The van der Waals surface area contributed by atoms with Crippen molar-refractivity contribution in [1.82, 2.24) is 5.32 Å². The zero-order chi connectivity index (χ0) is 9.68. The lowest BCUT2D eigenvalue weighted by Gasteiger charge is -2.27. The van der Waals surface area contributed by atoms with Crippen molar-refractivity contribution in [2.75, 3.05) is 19.8 Å². The van der Waals surface area contributed by atoms with Gasteiger partial charge in [0.1, 0.15) is 0 Å². The van der Waals surface area contributed by atoms with Crippen LogP contribution >= 0.6 is 0 Å². The van der Waals surface area contributed by atoms with Crippen LogP contribution in [-0.4, -0.2) is 37.0 Å². The molecule has 1 heterocycles. The van der Waals surface area contributed by atoms with E-state index in [4.69, 9.17) is 4.74 Å². The minimum atomic E-state index is -0.248. The highest BCUT2D eigenvalue weighted by Gasteiger charge is 2.21. The molecule has 0 saturated carbocycles. The summed E-state index contributed by atoms with van der Waals surface area (Å²) in [4.78, 5) is 0. The Labute approximate surface area is 80.5 Å². The first-order chi connectivity index (χ1) is 6.20. The second-order valence-electron chi connectivity index (χ2n) is 4.11. The number of hydrogen-bond donors (Lipinski definition) is 2. The molecule has 0 aromatic carbocycles. The second kappa shape index (κ2) is 5.58. The highest BCUT2D eigenvalue weighted by molar-refractivity contribution is 4.74. The lowest BCUT2D eigenvalue weighted by Crippen LogP contribution is -2.39. The summed E-state index contributed by atoms with van der Waals surface area (Å²) in [7, 11) is 0. The van der Waals surface area contributed by atoms with E-state index in [1.54, 1.807) is 0 Å². The minimum absolute atomic E-state index is 0.248. The van der Waals surface area contributed by atoms with Crippen LogP contribution in [0, 0.1) is 5.92 Å². The van der Waals surface area contributed by atoms with E-state index in [1.807, 2.05) is 0 Å². The van der Waals surface area contributed by atoms with Crippen molar-refractivity contribution in [2.24, 2.45) is 5.92 Å². The van der Waals surface area contributed by atoms with Gasteiger partial charge in [0.25, 0.3) is 0 Å². The molecule has 3 nitrogen and oxygen atoms in total. The van der Waals surface area contributed by atoms with Gasteiger partial charge in [0.05, 0.1) is 12.7 Å². The predicted molar refractivity (Wildman–Crippen MR) is 52.7 cm³/mol. The molecule has 2 atom stereocenters. The van der Waals surface area contributed by atoms with Crippen LogP contribution in [-0.2, 0) is 4.74 Å². The fourth-order valence-electron chi connectivity index (χ4n) is 1.59. The molecule has 2 N–H and O–H groups in total. The largest absolute Gasteiger partial charge is 0.391 e. The molecule has 0 aliphatic carbocycles. The Morgan fingerprint density at radius 3 is 2.85 bits per heavy atom. The van der Waals surface area contributed by atoms with Gasteiger partial charge in [-0.25, -0.2) is 0 Å². The standard InChI is InChI=1S/C10H21NO2/c1-8(2)11-6-10(12)9-4-3-5-13-7-9/h8-12H,3-7H2,1-2H3. The molecule has 1 aliphatic heterocycles. The van der Waals surface area contributed by atoms with E-state index >= 15 is 0 Å². The van der Waals surface area contributed by atoms with Gasteiger partial charge >= 0.3 is 0 Å². The molecule has 1 fully saturated rings.